The van der Waals surface area contributed by atoms with E-state index < -0.39 is 0 Å². The van der Waals surface area contributed by atoms with Gasteiger partial charge < -0.3 is 10.6 Å². The van der Waals surface area contributed by atoms with Gasteiger partial charge in [0.25, 0.3) is 0 Å². The van der Waals surface area contributed by atoms with Crippen LogP contribution in [0.15, 0.2) is 10.4 Å². The van der Waals surface area contributed by atoms with Crippen LogP contribution < -0.4 is 10.6 Å². The van der Waals surface area contributed by atoms with Crippen LogP contribution in [0.2, 0.25) is 0 Å². The average Bonchev–Trinajstić information content (AvgIpc) is 2.87. The molecule has 5 heteroatoms. The van der Waals surface area contributed by atoms with Crippen molar-refractivity contribution in [2.75, 3.05) is 13.1 Å². The lowest BCUT2D eigenvalue weighted by Crippen LogP contribution is -2.38. The summed E-state index contributed by atoms with van der Waals surface area (Å²) in [5.41, 5.74) is 1.33. The summed E-state index contributed by atoms with van der Waals surface area (Å²) >= 11 is 1.75. The Labute approximate surface area is 113 Å². The molecular weight excluding hydrogens is 244 g/mol. The number of nitrogens with zero attached hydrogens (tertiary/aromatic N) is 2. The molecule has 1 aliphatic rings. The molecule has 0 aliphatic carbocycles. The first kappa shape index (κ1) is 13.3. The van der Waals surface area contributed by atoms with E-state index in [1.54, 1.807) is 11.3 Å². The first-order valence-corrected chi connectivity index (χ1v) is 7.33. The molecule has 2 heterocycles. The number of aliphatic imine (C=N–C) groups is 1. The average molecular weight is 266 g/mol. The van der Waals surface area contributed by atoms with Crippen LogP contribution in [0.25, 0.3) is 0 Å². The second-order valence-electron chi connectivity index (χ2n) is 5.81. The van der Waals surface area contributed by atoms with Crippen molar-refractivity contribution in [2.24, 2.45) is 4.99 Å². The zero-order valence-electron chi connectivity index (χ0n) is 11.6. The number of rotatable bonds is 3. The minimum atomic E-state index is 0.156. The molecule has 1 aromatic heterocycles. The summed E-state index contributed by atoms with van der Waals surface area (Å²) in [6.07, 6.45) is 0.946. The van der Waals surface area contributed by atoms with Crippen LogP contribution in [0.5, 0.6) is 0 Å². The zero-order chi connectivity index (χ0) is 13.2. The van der Waals surface area contributed by atoms with Gasteiger partial charge >= 0.3 is 0 Å². The predicted octanol–water partition coefficient (Wildman–Crippen LogP) is 1.92. The molecule has 100 valence electrons. The Hall–Kier alpha value is -1.10. The highest BCUT2D eigenvalue weighted by atomic mass is 32.1. The molecular formula is C13H22N4S. The van der Waals surface area contributed by atoms with Gasteiger partial charge in [0.05, 0.1) is 17.2 Å². The van der Waals surface area contributed by atoms with Crippen LogP contribution in [0.3, 0.4) is 0 Å². The highest BCUT2D eigenvalue weighted by molar-refractivity contribution is 7.09. The summed E-state index contributed by atoms with van der Waals surface area (Å²) in [5, 5.41) is 9.97. The quantitative estimate of drug-likeness (QED) is 0.879. The molecule has 1 aliphatic heterocycles. The Morgan fingerprint density at radius 3 is 2.83 bits per heavy atom. The highest BCUT2D eigenvalue weighted by Crippen LogP contribution is 2.25. The van der Waals surface area contributed by atoms with E-state index in [-0.39, 0.29) is 5.41 Å². The van der Waals surface area contributed by atoms with E-state index in [0.29, 0.717) is 6.04 Å². The summed E-state index contributed by atoms with van der Waals surface area (Å²) in [6, 6.07) is 0.458. The molecule has 0 aromatic carbocycles. The summed E-state index contributed by atoms with van der Waals surface area (Å²) in [4.78, 5) is 9.05. The van der Waals surface area contributed by atoms with Gasteiger partial charge in [-0.1, -0.05) is 20.8 Å². The zero-order valence-corrected chi connectivity index (χ0v) is 12.4. The van der Waals surface area contributed by atoms with Crippen molar-refractivity contribution >= 4 is 17.3 Å². The maximum atomic E-state index is 4.68. The van der Waals surface area contributed by atoms with Gasteiger partial charge in [-0.3, -0.25) is 4.99 Å². The van der Waals surface area contributed by atoms with Crippen LogP contribution in [0.1, 0.15) is 38.4 Å². The molecule has 0 bridgehead atoms. The number of aromatic nitrogens is 1. The van der Waals surface area contributed by atoms with E-state index in [0.717, 1.165) is 25.5 Å². The SMILES string of the molecule is CC1CN=C(NCCc2csc(C(C)(C)C)n2)N1. The van der Waals surface area contributed by atoms with Gasteiger partial charge in [0.2, 0.25) is 0 Å². The van der Waals surface area contributed by atoms with E-state index in [1.165, 1.54) is 10.7 Å². The van der Waals surface area contributed by atoms with E-state index in [1.807, 2.05) is 0 Å². The van der Waals surface area contributed by atoms with Gasteiger partial charge in [-0.15, -0.1) is 11.3 Å². The molecule has 1 atom stereocenters. The maximum Gasteiger partial charge on any atom is 0.191 e. The molecule has 0 fully saturated rings. The molecule has 1 aromatic rings. The number of hydrogen-bond acceptors (Lipinski definition) is 5. The molecule has 0 saturated heterocycles. The van der Waals surface area contributed by atoms with Crippen molar-refractivity contribution in [1.29, 1.82) is 0 Å². The van der Waals surface area contributed by atoms with E-state index in [4.69, 9.17) is 0 Å². The normalized spacial score (nSPS) is 19.6. The minimum Gasteiger partial charge on any atom is -0.356 e. The third-order valence-corrected chi connectivity index (χ3v) is 4.09. The summed E-state index contributed by atoms with van der Waals surface area (Å²) < 4.78 is 0. The molecule has 18 heavy (non-hydrogen) atoms. The van der Waals surface area contributed by atoms with Gasteiger partial charge in [-0.25, -0.2) is 4.98 Å². The van der Waals surface area contributed by atoms with Crippen molar-refractivity contribution in [2.45, 2.75) is 45.6 Å². The number of guanidine groups is 1. The van der Waals surface area contributed by atoms with E-state index >= 15 is 0 Å². The van der Waals surface area contributed by atoms with Crippen molar-refractivity contribution < 1.29 is 0 Å². The van der Waals surface area contributed by atoms with Crippen LogP contribution in [0.4, 0.5) is 0 Å². The Morgan fingerprint density at radius 2 is 2.28 bits per heavy atom. The topological polar surface area (TPSA) is 49.3 Å². The Morgan fingerprint density at radius 1 is 1.50 bits per heavy atom. The van der Waals surface area contributed by atoms with Gasteiger partial charge in [0.15, 0.2) is 5.96 Å². The molecule has 0 spiro atoms. The molecule has 2 rings (SSSR count). The van der Waals surface area contributed by atoms with Gasteiger partial charge in [0, 0.05) is 29.8 Å². The number of hydrogen-bond donors (Lipinski definition) is 2. The van der Waals surface area contributed by atoms with Crippen molar-refractivity contribution in [3.05, 3.63) is 16.1 Å². The lowest BCUT2D eigenvalue weighted by Gasteiger charge is -2.13. The Kier molecular flexibility index (Phi) is 3.90. The third-order valence-electron chi connectivity index (χ3n) is 2.77. The summed E-state index contributed by atoms with van der Waals surface area (Å²) in [6.45, 7) is 10.5. The fraction of sp³-hybridized carbons (Fsp3) is 0.692. The van der Waals surface area contributed by atoms with Crippen molar-refractivity contribution in [3.8, 4) is 0 Å². The first-order chi connectivity index (χ1) is 8.45. The van der Waals surface area contributed by atoms with Crippen LogP contribution >= 0.6 is 11.3 Å². The van der Waals surface area contributed by atoms with E-state index in [9.17, 15) is 0 Å². The predicted molar refractivity (Wildman–Crippen MR) is 77.4 cm³/mol. The smallest absolute Gasteiger partial charge is 0.191 e. The maximum absolute atomic E-state index is 4.68. The van der Waals surface area contributed by atoms with Gasteiger partial charge in [-0.05, 0) is 6.92 Å². The second-order valence-corrected chi connectivity index (χ2v) is 6.66. The summed E-state index contributed by atoms with van der Waals surface area (Å²) in [5.74, 6) is 0.925. The van der Waals surface area contributed by atoms with Crippen LogP contribution in [-0.4, -0.2) is 30.1 Å². The Balaban J connectivity index is 1.79. The summed E-state index contributed by atoms with van der Waals surface area (Å²) in [7, 11) is 0. The molecule has 4 nitrogen and oxygen atoms in total. The number of nitrogens with one attached hydrogen (secondary N) is 2. The van der Waals surface area contributed by atoms with Crippen LogP contribution in [0, 0.1) is 0 Å². The first-order valence-electron chi connectivity index (χ1n) is 6.45. The van der Waals surface area contributed by atoms with Gasteiger partial charge in [0.1, 0.15) is 0 Å². The van der Waals surface area contributed by atoms with Crippen molar-refractivity contribution in [3.63, 3.8) is 0 Å². The van der Waals surface area contributed by atoms with Gasteiger partial charge in [-0.2, -0.15) is 0 Å². The third kappa shape index (κ3) is 3.45. The molecule has 0 amide bonds. The molecule has 0 radical (unpaired) electrons. The number of thiazole rings is 1. The van der Waals surface area contributed by atoms with Crippen molar-refractivity contribution in [1.82, 2.24) is 15.6 Å². The molecule has 1 unspecified atom stereocenters. The van der Waals surface area contributed by atoms with E-state index in [2.05, 4.69) is 53.7 Å². The highest BCUT2D eigenvalue weighted by Gasteiger charge is 2.18. The second kappa shape index (κ2) is 5.26. The van der Waals surface area contributed by atoms with Crippen LogP contribution in [-0.2, 0) is 11.8 Å². The largest absolute Gasteiger partial charge is 0.356 e. The monoisotopic (exact) mass is 266 g/mol. The molecule has 2 N–H and O–H groups in total. The minimum absolute atomic E-state index is 0.156. The standard InChI is InChI=1S/C13H22N4S/c1-9-7-15-12(16-9)14-6-5-10-8-18-11(17-10)13(2,3)4/h8-9H,5-7H2,1-4H3,(H2,14,15,16). The lowest BCUT2D eigenvalue weighted by atomic mass is 9.98. The Bertz CT molecular complexity index is 430. The lowest BCUT2D eigenvalue weighted by molar-refractivity contribution is 0.582. The fourth-order valence-electron chi connectivity index (χ4n) is 1.74. The fourth-order valence-corrected chi connectivity index (χ4v) is 2.68. The molecule has 0 saturated carbocycles.